The van der Waals surface area contributed by atoms with Gasteiger partial charge < -0.3 is 0 Å². The minimum absolute atomic E-state index is 1.14. The summed E-state index contributed by atoms with van der Waals surface area (Å²) in [5.74, 6) is 0. The normalized spacial score (nSPS) is 11.4. The third-order valence-corrected chi connectivity index (χ3v) is 5.95. The van der Waals surface area contributed by atoms with Crippen molar-refractivity contribution in [3.8, 4) is 0 Å². The molecule has 1 nitrogen and oxygen atoms in total. The van der Waals surface area contributed by atoms with Crippen molar-refractivity contribution in [1.29, 1.82) is 0 Å². The topological polar surface area (TPSA) is 3.88 Å². The molecule has 164 valence electrons. The van der Waals surface area contributed by atoms with Gasteiger partial charge in [-0.1, -0.05) is 126 Å². The van der Waals surface area contributed by atoms with E-state index in [1.165, 1.54) is 101 Å². The monoisotopic (exact) mass is 406 g/mol. The summed E-state index contributed by atoms with van der Waals surface area (Å²) in [7, 11) is 0. The van der Waals surface area contributed by atoms with Crippen LogP contribution in [0.25, 0.3) is 12.2 Å². The molecule has 0 bridgehead atoms. The van der Waals surface area contributed by atoms with Crippen molar-refractivity contribution in [3.05, 3.63) is 66.0 Å². The standard InChI is InChI=1S/C29H44N/c1-2-3-4-5-6-7-8-9-10-11-12-13-14-18-25-30-26-23-29(24-27-30)22-21-28-19-16-15-17-20-28/h15-17,19-24,26-27H,2-14,18,25H2,1H3/q+1/b22-21-. The summed E-state index contributed by atoms with van der Waals surface area (Å²) in [5, 5.41) is 0. The summed E-state index contributed by atoms with van der Waals surface area (Å²) < 4.78 is 2.32. The van der Waals surface area contributed by atoms with Gasteiger partial charge in [-0.2, -0.15) is 0 Å². The molecule has 0 saturated carbocycles. The molecule has 0 unspecified atom stereocenters. The van der Waals surface area contributed by atoms with Crippen LogP contribution in [-0.4, -0.2) is 0 Å². The first-order chi connectivity index (χ1) is 14.9. The molecule has 0 fully saturated rings. The van der Waals surface area contributed by atoms with Crippen LogP contribution in [0.4, 0.5) is 0 Å². The molecule has 0 radical (unpaired) electrons. The van der Waals surface area contributed by atoms with Crippen LogP contribution in [0, 0.1) is 0 Å². The van der Waals surface area contributed by atoms with Crippen LogP contribution in [0.15, 0.2) is 54.9 Å². The van der Waals surface area contributed by atoms with E-state index in [0.717, 1.165) is 6.54 Å². The molecule has 2 aromatic rings. The van der Waals surface area contributed by atoms with Gasteiger partial charge >= 0.3 is 0 Å². The molecule has 1 heterocycles. The highest BCUT2D eigenvalue weighted by atomic mass is 14.9. The lowest BCUT2D eigenvalue weighted by Gasteiger charge is -2.03. The predicted molar refractivity (Wildman–Crippen MR) is 132 cm³/mol. The van der Waals surface area contributed by atoms with E-state index in [0.29, 0.717) is 0 Å². The summed E-state index contributed by atoms with van der Waals surface area (Å²) in [4.78, 5) is 0. The zero-order chi connectivity index (χ0) is 21.1. The number of hydrogen-bond acceptors (Lipinski definition) is 0. The van der Waals surface area contributed by atoms with E-state index < -0.39 is 0 Å². The summed E-state index contributed by atoms with van der Waals surface area (Å²) in [6, 6.07) is 14.9. The van der Waals surface area contributed by atoms with Gasteiger partial charge in [0.1, 0.15) is 6.54 Å². The lowest BCUT2D eigenvalue weighted by atomic mass is 10.0. The summed E-state index contributed by atoms with van der Waals surface area (Å²) in [6.07, 6.45) is 28.7. The Bertz CT molecular complexity index is 657. The van der Waals surface area contributed by atoms with Crippen LogP contribution in [0.1, 0.15) is 108 Å². The van der Waals surface area contributed by atoms with Crippen molar-refractivity contribution < 1.29 is 4.57 Å². The number of benzene rings is 1. The van der Waals surface area contributed by atoms with Crippen molar-refractivity contribution in [2.45, 2.75) is 103 Å². The lowest BCUT2D eigenvalue weighted by molar-refractivity contribution is -0.697. The molecule has 1 aromatic carbocycles. The molecule has 1 heteroatoms. The van der Waals surface area contributed by atoms with Crippen LogP contribution in [0.2, 0.25) is 0 Å². The molecule has 2 rings (SSSR count). The molecule has 0 amide bonds. The van der Waals surface area contributed by atoms with Gasteiger partial charge in [0, 0.05) is 18.6 Å². The summed E-state index contributed by atoms with van der Waals surface area (Å²) in [6.45, 7) is 3.43. The number of rotatable bonds is 17. The molecule has 30 heavy (non-hydrogen) atoms. The Kier molecular flexibility index (Phi) is 13.7. The molecule has 0 aliphatic rings. The van der Waals surface area contributed by atoms with Gasteiger partial charge in [0.25, 0.3) is 0 Å². The van der Waals surface area contributed by atoms with Crippen LogP contribution in [-0.2, 0) is 6.54 Å². The number of aryl methyl sites for hydroxylation is 1. The van der Waals surface area contributed by atoms with Crippen LogP contribution < -0.4 is 4.57 Å². The molecule has 0 atom stereocenters. The Labute approximate surface area is 186 Å². The van der Waals surface area contributed by atoms with E-state index in [1.54, 1.807) is 0 Å². The molecule has 0 saturated heterocycles. The fraction of sp³-hybridized carbons (Fsp3) is 0.552. The van der Waals surface area contributed by atoms with E-state index >= 15 is 0 Å². The third-order valence-electron chi connectivity index (χ3n) is 5.95. The smallest absolute Gasteiger partial charge is 0.169 e. The molecule has 0 aliphatic heterocycles. The highest BCUT2D eigenvalue weighted by Gasteiger charge is 2.00. The maximum Gasteiger partial charge on any atom is 0.169 e. The van der Waals surface area contributed by atoms with Crippen LogP contribution in [0.3, 0.4) is 0 Å². The Balaban J connectivity index is 1.43. The third kappa shape index (κ3) is 12.0. The summed E-state index contributed by atoms with van der Waals surface area (Å²) >= 11 is 0. The van der Waals surface area contributed by atoms with E-state index in [2.05, 4.69) is 78.5 Å². The number of aromatic nitrogens is 1. The van der Waals surface area contributed by atoms with Crippen molar-refractivity contribution in [2.75, 3.05) is 0 Å². The van der Waals surface area contributed by atoms with E-state index in [-0.39, 0.29) is 0 Å². The van der Waals surface area contributed by atoms with E-state index in [9.17, 15) is 0 Å². The van der Waals surface area contributed by atoms with Crippen molar-refractivity contribution in [1.82, 2.24) is 0 Å². The summed E-state index contributed by atoms with van der Waals surface area (Å²) in [5.41, 5.74) is 2.51. The van der Waals surface area contributed by atoms with Gasteiger partial charge in [-0.25, -0.2) is 4.57 Å². The van der Waals surface area contributed by atoms with E-state index in [4.69, 9.17) is 0 Å². The highest BCUT2D eigenvalue weighted by Crippen LogP contribution is 2.13. The molecule has 0 N–H and O–H groups in total. The van der Waals surface area contributed by atoms with Crippen molar-refractivity contribution >= 4 is 12.2 Å². The molecular formula is C29H44N+. The van der Waals surface area contributed by atoms with Gasteiger partial charge in [-0.15, -0.1) is 0 Å². The first-order valence-electron chi connectivity index (χ1n) is 12.6. The maximum atomic E-state index is 2.32. The first-order valence-corrected chi connectivity index (χ1v) is 12.6. The largest absolute Gasteiger partial charge is 0.205 e. The zero-order valence-corrected chi connectivity index (χ0v) is 19.4. The van der Waals surface area contributed by atoms with Crippen LogP contribution >= 0.6 is 0 Å². The molecular weight excluding hydrogens is 362 g/mol. The fourth-order valence-electron chi connectivity index (χ4n) is 3.97. The van der Waals surface area contributed by atoms with Crippen molar-refractivity contribution in [3.63, 3.8) is 0 Å². The van der Waals surface area contributed by atoms with E-state index in [1.807, 2.05) is 0 Å². The maximum absolute atomic E-state index is 2.32. The predicted octanol–water partition coefficient (Wildman–Crippen LogP) is 8.63. The lowest BCUT2D eigenvalue weighted by Crippen LogP contribution is -2.32. The number of nitrogens with zero attached hydrogens (tertiary/aromatic N) is 1. The number of unbranched alkanes of at least 4 members (excludes halogenated alkanes) is 13. The quantitative estimate of drug-likeness (QED) is 0.183. The van der Waals surface area contributed by atoms with Gasteiger partial charge in [-0.05, 0) is 17.5 Å². The number of pyridine rings is 1. The Hall–Kier alpha value is -1.89. The highest BCUT2D eigenvalue weighted by molar-refractivity contribution is 5.68. The Morgan fingerprint density at radius 3 is 1.47 bits per heavy atom. The second-order valence-electron chi connectivity index (χ2n) is 8.71. The first kappa shape index (κ1) is 24.4. The van der Waals surface area contributed by atoms with Gasteiger partial charge in [0.05, 0.1) is 0 Å². The second-order valence-corrected chi connectivity index (χ2v) is 8.71. The number of hydrogen-bond donors (Lipinski definition) is 0. The Morgan fingerprint density at radius 2 is 0.967 bits per heavy atom. The molecule has 0 aliphatic carbocycles. The average molecular weight is 407 g/mol. The zero-order valence-electron chi connectivity index (χ0n) is 19.4. The van der Waals surface area contributed by atoms with Gasteiger partial charge in [-0.3, -0.25) is 0 Å². The molecule has 0 spiro atoms. The SMILES string of the molecule is CCCCCCCCCCCCCCCC[n+]1ccc(/C=C\c2ccccc2)cc1. The van der Waals surface area contributed by atoms with Crippen molar-refractivity contribution in [2.24, 2.45) is 0 Å². The second kappa shape index (κ2) is 16.9. The van der Waals surface area contributed by atoms with Crippen LogP contribution in [0.5, 0.6) is 0 Å². The Morgan fingerprint density at radius 1 is 0.533 bits per heavy atom. The average Bonchev–Trinajstić information content (AvgIpc) is 2.79. The van der Waals surface area contributed by atoms with Gasteiger partial charge in [0.15, 0.2) is 12.4 Å². The molecule has 1 aromatic heterocycles. The van der Waals surface area contributed by atoms with Gasteiger partial charge in [0.2, 0.25) is 0 Å². The fourth-order valence-corrected chi connectivity index (χ4v) is 3.97. The minimum Gasteiger partial charge on any atom is -0.205 e. The minimum atomic E-state index is 1.14.